The van der Waals surface area contributed by atoms with Gasteiger partial charge in [0.2, 0.25) is 0 Å². The Labute approximate surface area is 183 Å². The molecule has 4 bridgehead atoms. The third kappa shape index (κ3) is 3.36. The maximum atomic E-state index is 12.7. The number of rotatable bonds is 4. The van der Waals surface area contributed by atoms with Gasteiger partial charge in [-0.25, -0.2) is 9.59 Å². The van der Waals surface area contributed by atoms with Crippen LogP contribution in [0.1, 0.15) is 49.7 Å². The van der Waals surface area contributed by atoms with Gasteiger partial charge in [-0.3, -0.25) is 0 Å². The van der Waals surface area contributed by atoms with Crippen LogP contribution in [-0.2, 0) is 29.2 Å². The zero-order chi connectivity index (χ0) is 21.8. The number of esters is 2. The summed E-state index contributed by atoms with van der Waals surface area (Å²) < 4.78 is 15.6. The molecular formula is C25H31NO5. The first kappa shape index (κ1) is 20.6. The van der Waals surface area contributed by atoms with Crippen molar-refractivity contribution >= 4 is 17.6 Å². The molecule has 6 rings (SSSR count). The molecule has 4 fully saturated rings. The molecule has 1 aliphatic heterocycles. The highest BCUT2D eigenvalue weighted by atomic mass is 16.5. The van der Waals surface area contributed by atoms with Gasteiger partial charge in [0, 0.05) is 5.69 Å². The van der Waals surface area contributed by atoms with Gasteiger partial charge in [0.25, 0.3) is 0 Å². The Hall–Kier alpha value is -2.34. The Kier molecular flexibility index (Phi) is 5.08. The summed E-state index contributed by atoms with van der Waals surface area (Å²) in [6.07, 6.45) is 8.00. The van der Waals surface area contributed by atoms with Crippen LogP contribution in [0.15, 0.2) is 29.5 Å². The Balaban J connectivity index is 1.57. The molecule has 6 nitrogen and oxygen atoms in total. The Bertz CT molecular complexity index is 914. The third-order valence-electron chi connectivity index (χ3n) is 7.98. The fourth-order valence-corrected chi connectivity index (χ4v) is 7.03. The molecule has 0 N–H and O–H groups in total. The molecule has 0 amide bonds. The van der Waals surface area contributed by atoms with Crippen molar-refractivity contribution in [1.82, 2.24) is 0 Å². The normalized spacial score (nSPS) is 31.7. The SMILES string of the molecule is COC(=O)C1=C(C(=O)OC)N(c2cc(C34CC5CC(CC(C5)C3)C4)ccc2C)COC1. The number of hydrogen-bond donors (Lipinski definition) is 0. The van der Waals surface area contributed by atoms with Gasteiger partial charge in [0.05, 0.1) is 26.4 Å². The number of aryl methyl sites for hydroxylation is 1. The molecule has 0 aromatic heterocycles. The van der Waals surface area contributed by atoms with E-state index in [-0.39, 0.29) is 30.0 Å². The molecule has 166 valence electrons. The smallest absolute Gasteiger partial charge is 0.355 e. The van der Waals surface area contributed by atoms with E-state index in [0.717, 1.165) is 29.0 Å². The van der Waals surface area contributed by atoms with Gasteiger partial charge >= 0.3 is 11.9 Å². The second-order valence-corrected chi connectivity index (χ2v) is 9.92. The van der Waals surface area contributed by atoms with Crippen LogP contribution in [0.25, 0.3) is 0 Å². The topological polar surface area (TPSA) is 65.1 Å². The third-order valence-corrected chi connectivity index (χ3v) is 7.98. The molecule has 0 atom stereocenters. The maximum absolute atomic E-state index is 12.7. The highest BCUT2D eigenvalue weighted by Crippen LogP contribution is 2.61. The highest BCUT2D eigenvalue weighted by molar-refractivity contribution is 6.03. The summed E-state index contributed by atoms with van der Waals surface area (Å²) in [5.41, 5.74) is 3.95. The average molecular weight is 426 g/mol. The molecular weight excluding hydrogens is 394 g/mol. The standard InChI is InChI=1S/C25H31NO5/c1-15-4-5-19(25-10-16-6-17(11-25)8-18(7-16)12-25)9-21(15)26-14-31-13-20(23(27)29-2)22(26)24(28)30-3/h4-5,9,16-18H,6-8,10-14H2,1-3H3. The van der Waals surface area contributed by atoms with Crippen molar-refractivity contribution in [2.24, 2.45) is 17.8 Å². The summed E-state index contributed by atoms with van der Waals surface area (Å²) in [7, 11) is 2.64. The van der Waals surface area contributed by atoms with Crippen molar-refractivity contribution in [2.45, 2.75) is 50.9 Å². The summed E-state index contributed by atoms with van der Waals surface area (Å²) >= 11 is 0. The Morgan fingerprint density at radius 1 is 1.00 bits per heavy atom. The zero-order valence-corrected chi connectivity index (χ0v) is 18.6. The van der Waals surface area contributed by atoms with Crippen molar-refractivity contribution < 1.29 is 23.8 Å². The summed E-state index contributed by atoms with van der Waals surface area (Å²) in [6.45, 7) is 2.25. The van der Waals surface area contributed by atoms with Crippen LogP contribution in [0.3, 0.4) is 0 Å². The molecule has 1 aromatic carbocycles. The fourth-order valence-electron chi connectivity index (χ4n) is 7.03. The molecule has 0 radical (unpaired) electrons. The summed E-state index contributed by atoms with van der Waals surface area (Å²) in [6, 6.07) is 6.65. The molecule has 0 unspecified atom stereocenters. The van der Waals surface area contributed by atoms with E-state index in [4.69, 9.17) is 14.2 Å². The lowest BCUT2D eigenvalue weighted by atomic mass is 9.48. The van der Waals surface area contributed by atoms with Gasteiger partial charge in [0.15, 0.2) is 0 Å². The molecule has 4 saturated carbocycles. The number of ether oxygens (including phenoxy) is 3. The predicted molar refractivity (Wildman–Crippen MR) is 115 cm³/mol. The van der Waals surface area contributed by atoms with Crippen molar-refractivity contribution in [1.29, 1.82) is 0 Å². The van der Waals surface area contributed by atoms with Gasteiger partial charge in [-0.05, 0) is 85.8 Å². The second kappa shape index (κ2) is 7.66. The van der Waals surface area contributed by atoms with Crippen LogP contribution in [0.5, 0.6) is 0 Å². The number of carbonyl (C=O) groups is 2. The van der Waals surface area contributed by atoms with E-state index >= 15 is 0 Å². The highest BCUT2D eigenvalue weighted by Gasteiger charge is 2.51. The molecule has 0 spiro atoms. The van der Waals surface area contributed by atoms with Gasteiger partial charge in [-0.15, -0.1) is 0 Å². The lowest BCUT2D eigenvalue weighted by Crippen LogP contribution is -2.48. The van der Waals surface area contributed by atoms with Gasteiger partial charge < -0.3 is 19.1 Å². The van der Waals surface area contributed by atoms with Crippen molar-refractivity contribution in [3.63, 3.8) is 0 Å². The fraction of sp³-hybridized carbons (Fsp3) is 0.600. The molecule has 5 aliphatic rings. The van der Waals surface area contributed by atoms with Crippen LogP contribution in [0.2, 0.25) is 0 Å². The number of benzene rings is 1. The molecule has 31 heavy (non-hydrogen) atoms. The maximum Gasteiger partial charge on any atom is 0.355 e. The number of anilines is 1. The summed E-state index contributed by atoms with van der Waals surface area (Å²) in [5.74, 6) is 1.44. The van der Waals surface area contributed by atoms with E-state index in [1.807, 2.05) is 6.92 Å². The van der Waals surface area contributed by atoms with Crippen LogP contribution >= 0.6 is 0 Å². The number of methoxy groups -OCH3 is 2. The molecule has 6 heteroatoms. The summed E-state index contributed by atoms with van der Waals surface area (Å²) in [5, 5.41) is 0. The minimum atomic E-state index is -0.569. The zero-order valence-electron chi connectivity index (χ0n) is 18.6. The van der Waals surface area contributed by atoms with Gasteiger partial charge in [-0.1, -0.05) is 12.1 Å². The first-order valence-electron chi connectivity index (χ1n) is 11.3. The largest absolute Gasteiger partial charge is 0.466 e. The number of carbonyl (C=O) groups excluding carboxylic acids is 2. The minimum absolute atomic E-state index is 0.0291. The summed E-state index contributed by atoms with van der Waals surface area (Å²) in [4.78, 5) is 26.9. The van der Waals surface area contributed by atoms with E-state index < -0.39 is 11.9 Å². The van der Waals surface area contributed by atoms with Crippen LogP contribution in [-0.4, -0.2) is 39.5 Å². The molecule has 4 aliphatic carbocycles. The number of nitrogens with zero attached hydrogens (tertiary/aromatic N) is 1. The van der Waals surface area contributed by atoms with E-state index in [0.29, 0.717) is 0 Å². The van der Waals surface area contributed by atoms with E-state index in [2.05, 4.69) is 18.2 Å². The quantitative estimate of drug-likeness (QED) is 0.683. The monoisotopic (exact) mass is 425 g/mol. The molecule has 0 saturated heterocycles. The minimum Gasteiger partial charge on any atom is -0.466 e. The first-order valence-corrected chi connectivity index (χ1v) is 11.3. The second-order valence-electron chi connectivity index (χ2n) is 9.92. The molecule has 1 heterocycles. The van der Waals surface area contributed by atoms with E-state index in [1.54, 1.807) is 4.90 Å². The van der Waals surface area contributed by atoms with Crippen LogP contribution in [0, 0.1) is 24.7 Å². The van der Waals surface area contributed by atoms with Crippen molar-refractivity contribution in [3.8, 4) is 0 Å². The first-order chi connectivity index (χ1) is 14.9. The van der Waals surface area contributed by atoms with Crippen molar-refractivity contribution in [3.05, 3.63) is 40.6 Å². The number of hydrogen-bond acceptors (Lipinski definition) is 6. The lowest BCUT2D eigenvalue weighted by Gasteiger charge is -2.57. The molecule has 1 aromatic rings. The Morgan fingerprint density at radius 2 is 1.61 bits per heavy atom. The van der Waals surface area contributed by atoms with E-state index in [9.17, 15) is 9.59 Å². The lowest BCUT2D eigenvalue weighted by molar-refractivity contribution is -0.140. The van der Waals surface area contributed by atoms with Gasteiger partial charge in [0.1, 0.15) is 12.4 Å². The van der Waals surface area contributed by atoms with Crippen molar-refractivity contribution in [2.75, 3.05) is 32.5 Å². The van der Waals surface area contributed by atoms with E-state index in [1.165, 1.54) is 58.3 Å². The van der Waals surface area contributed by atoms with Crippen LogP contribution < -0.4 is 4.90 Å². The van der Waals surface area contributed by atoms with Crippen LogP contribution in [0.4, 0.5) is 5.69 Å². The predicted octanol–water partition coefficient (Wildman–Crippen LogP) is 3.86. The Morgan fingerprint density at radius 3 is 2.19 bits per heavy atom. The average Bonchev–Trinajstić information content (AvgIpc) is 2.76. The van der Waals surface area contributed by atoms with Gasteiger partial charge in [-0.2, -0.15) is 0 Å².